The van der Waals surface area contributed by atoms with Gasteiger partial charge in [-0.05, 0) is 19.1 Å². The monoisotopic (exact) mass is 276 g/mol. The first-order valence-corrected chi connectivity index (χ1v) is 6.95. The average Bonchev–Trinajstić information content (AvgIpc) is 2.56. The maximum absolute atomic E-state index is 4.68. The summed E-state index contributed by atoms with van der Waals surface area (Å²) in [6.45, 7) is 2.87. The van der Waals surface area contributed by atoms with Crippen molar-refractivity contribution in [2.75, 3.05) is 11.9 Å². The Bertz CT molecular complexity index is 654. The number of rotatable bonds is 4. The van der Waals surface area contributed by atoms with Crippen LogP contribution in [0.5, 0.6) is 0 Å². The number of pyridine rings is 1. The highest BCUT2D eigenvalue weighted by molar-refractivity contribution is 5.67. The molecule has 0 radical (unpaired) electrons. The van der Waals surface area contributed by atoms with Crippen molar-refractivity contribution in [3.63, 3.8) is 0 Å². The molecular weight excluding hydrogens is 260 g/mol. The molecule has 0 saturated carbocycles. The lowest BCUT2D eigenvalue weighted by Gasteiger charge is -2.09. The number of aromatic nitrogens is 3. The van der Waals surface area contributed by atoms with Gasteiger partial charge in [-0.15, -0.1) is 0 Å². The zero-order valence-electron chi connectivity index (χ0n) is 11.8. The van der Waals surface area contributed by atoms with Crippen LogP contribution in [0.25, 0.3) is 22.6 Å². The minimum atomic E-state index is 0.723. The highest BCUT2D eigenvalue weighted by Gasteiger charge is 2.08. The van der Waals surface area contributed by atoms with E-state index < -0.39 is 0 Å². The van der Waals surface area contributed by atoms with E-state index in [4.69, 9.17) is 0 Å². The molecule has 4 heteroatoms. The summed E-state index contributed by atoms with van der Waals surface area (Å²) in [7, 11) is 0. The van der Waals surface area contributed by atoms with E-state index in [9.17, 15) is 0 Å². The summed E-state index contributed by atoms with van der Waals surface area (Å²) < 4.78 is 0. The smallest absolute Gasteiger partial charge is 0.162 e. The van der Waals surface area contributed by atoms with Crippen LogP contribution in [0.15, 0.2) is 60.9 Å². The molecule has 2 aromatic heterocycles. The van der Waals surface area contributed by atoms with Crippen molar-refractivity contribution in [2.24, 2.45) is 0 Å². The highest BCUT2D eigenvalue weighted by atomic mass is 15.0. The van der Waals surface area contributed by atoms with Gasteiger partial charge in [0.25, 0.3) is 0 Å². The van der Waals surface area contributed by atoms with Gasteiger partial charge < -0.3 is 5.32 Å². The maximum atomic E-state index is 4.68. The molecule has 21 heavy (non-hydrogen) atoms. The fourth-order valence-electron chi connectivity index (χ4n) is 2.11. The third kappa shape index (κ3) is 3.05. The predicted molar refractivity (Wildman–Crippen MR) is 84.9 cm³/mol. The maximum Gasteiger partial charge on any atom is 0.162 e. The lowest BCUT2D eigenvalue weighted by atomic mass is 10.1. The van der Waals surface area contributed by atoms with Gasteiger partial charge in [0.1, 0.15) is 5.82 Å². The van der Waals surface area contributed by atoms with Crippen molar-refractivity contribution in [3.05, 3.63) is 60.9 Å². The van der Waals surface area contributed by atoms with E-state index in [1.807, 2.05) is 48.5 Å². The molecule has 0 amide bonds. The van der Waals surface area contributed by atoms with Crippen LogP contribution in [0.3, 0.4) is 0 Å². The van der Waals surface area contributed by atoms with Gasteiger partial charge in [-0.1, -0.05) is 30.3 Å². The topological polar surface area (TPSA) is 50.7 Å². The molecule has 0 aliphatic rings. The van der Waals surface area contributed by atoms with Crippen molar-refractivity contribution in [1.82, 2.24) is 15.0 Å². The first-order valence-electron chi connectivity index (χ1n) is 6.95. The molecule has 0 aliphatic carbocycles. The van der Waals surface area contributed by atoms with E-state index in [-0.39, 0.29) is 0 Å². The van der Waals surface area contributed by atoms with E-state index in [1.165, 1.54) is 0 Å². The van der Waals surface area contributed by atoms with Crippen molar-refractivity contribution >= 4 is 5.82 Å². The molecule has 1 N–H and O–H groups in total. The van der Waals surface area contributed by atoms with Gasteiger partial charge >= 0.3 is 0 Å². The SMILES string of the molecule is CCNc1cc(-c2ccncc2)nc(-c2ccccc2)n1. The quantitative estimate of drug-likeness (QED) is 0.790. The van der Waals surface area contributed by atoms with Gasteiger partial charge in [-0.3, -0.25) is 4.98 Å². The summed E-state index contributed by atoms with van der Waals surface area (Å²) in [5.41, 5.74) is 2.93. The van der Waals surface area contributed by atoms with Crippen LogP contribution in [0.4, 0.5) is 5.82 Å². The molecule has 0 bridgehead atoms. The van der Waals surface area contributed by atoms with Crippen LogP contribution >= 0.6 is 0 Å². The lowest BCUT2D eigenvalue weighted by Crippen LogP contribution is -2.02. The predicted octanol–water partition coefficient (Wildman–Crippen LogP) is 3.64. The minimum absolute atomic E-state index is 0.723. The fraction of sp³-hybridized carbons (Fsp3) is 0.118. The molecule has 3 aromatic rings. The number of hydrogen-bond acceptors (Lipinski definition) is 4. The van der Waals surface area contributed by atoms with Crippen LogP contribution in [0.1, 0.15) is 6.92 Å². The largest absolute Gasteiger partial charge is 0.370 e. The van der Waals surface area contributed by atoms with Gasteiger partial charge in [-0.2, -0.15) is 0 Å². The number of hydrogen-bond donors (Lipinski definition) is 1. The second kappa shape index (κ2) is 6.13. The highest BCUT2D eigenvalue weighted by Crippen LogP contribution is 2.23. The molecule has 2 heterocycles. The van der Waals surface area contributed by atoms with E-state index in [1.54, 1.807) is 12.4 Å². The van der Waals surface area contributed by atoms with Gasteiger partial charge in [0.05, 0.1) is 5.69 Å². The van der Waals surface area contributed by atoms with Crippen LogP contribution in [0, 0.1) is 0 Å². The number of nitrogens with one attached hydrogen (secondary N) is 1. The molecule has 104 valence electrons. The zero-order valence-corrected chi connectivity index (χ0v) is 11.8. The normalized spacial score (nSPS) is 10.3. The van der Waals surface area contributed by atoms with Crippen molar-refractivity contribution in [3.8, 4) is 22.6 Å². The molecule has 1 aromatic carbocycles. The summed E-state index contributed by atoms with van der Waals surface area (Å²) in [6, 6.07) is 15.9. The Labute approximate surface area is 123 Å². The first-order chi connectivity index (χ1) is 10.4. The minimum Gasteiger partial charge on any atom is -0.370 e. The molecule has 3 rings (SSSR count). The second-order valence-electron chi connectivity index (χ2n) is 4.59. The fourth-order valence-corrected chi connectivity index (χ4v) is 2.11. The summed E-state index contributed by atoms with van der Waals surface area (Å²) in [5.74, 6) is 1.55. The van der Waals surface area contributed by atoms with Crippen LogP contribution in [-0.4, -0.2) is 21.5 Å². The van der Waals surface area contributed by atoms with Crippen molar-refractivity contribution in [1.29, 1.82) is 0 Å². The molecule has 0 spiro atoms. The Morgan fingerprint density at radius 1 is 0.905 bits per heavy atom. The van der Waals surface area contributed by atoms with E-state index in [2.05, 4.69) is 27.2 Å². The third-order valence-electron chi connectivity index (χ3n) is 3.09. The Kier molecular flexibility index (Phi) is 3.87. The van der Waals surface area contributed by atoms with Crippen LogP contribution in [-0.2, 0) is 0 Å². The van der Waals surface area contributed by atoms with Crippen LogP contribution in [0.2, 0.25) is 0 Å². The molecule has 0 fully saturated rings. The zero-order chi connectivity index (χ0) is 14.5. The number of nitrogens with zero attached hydrogens (tertiary/aromatic N) is 3. The summed E-state index contributed by atoms with van der Waals surface area (Å²) >= 11 is 0. The van der Waals surface area contributed by atoms with Gasteiger partial charge in [0.2, 0.25) is 0 Å². The molecule has 0 aliphatic heterocycles. The molecule has 4 nitrogen and oxygen atoms in total. The standard InChI is InChI=1S/C17H16N4/c1-2-19-16-12-15(13-8-10-18-11-9-13)20-17(21-16)14-6-4-3-5-7-14/h3-12H,2H2,1H3,(H,19,20,21). The average molecular weight is 276 g/mol. The number of anilines is 1. The Balaban J connectivity index is 2.11. The summed E-state index contributed by atoms with van der Waals surface area (Å²) in [6.07, 6.45) is 3.54. The summed E-state index contributed by atoms with van der Waals surface area (Å²) in [5, 5.41) is 3.26. The van der Waals surface area contributed by atoms with Crippen LogP contribution < -0.4 is 5.32 Å². The number of benzene rings is 1. The second-order valence-corrected chi connectivity index (χ2v) is 4.59. The molecular formula is C17H16N4. The Morgan fingerprint density at radius 3 is 2.38 bits per heavy atom. The van der Waals surface area contributed by atoms with Crippen molar-refractivity contribution < 1.29 is 0 Å². The Morgan fingerprint density at radius 2 is 1.67 bits per heavy atom. The molecule has 0 saturated heterocycles. The molecule has 0 unspecified atom stereocenters. The summed E-state index contributed by atoms with van der Waals surface area (Å²) in [4.78, 5) is 13.3. The third-order valence-corrected chi connectivity index (χ3v) is 3.09. The lowest BCUT2D eigenvalue weighted by molar-refractivity contribution is 1.12. The van der Waals surface area contributed by atoms with E-state index in [0.717, 1.165) is 35.0 Å². The first kappa shape index (κ1) is 13.2. The van der Waals surface area contributed by atoms with Crippen molar-refractivity contribution in [2.45, 2.75) is 6.92 Å². The van der Waals surface area contributed by atoms with Gasteiger partial charge in [0, 0.05) is 36.1 Å². The Hall–Kier alpha value is -2.75. The molecule has 0 atom stereocenters. The van der Waals surface area contributed by atoms with E-state index in [0.29, 0.717) is 0 Å². The van der Waals surface area contributed by atoms with Gasteiger partial charge in [-0.25, -0.2) is 9.97 Å². The van der Waals surface area contributed by atoms with E-state index >= 15 is 0 Å². The van der Waals surface area contributed by atoms with Gasteiger partial charge in [0.15, 0.2) is 5.82 Å².